The highest BCUT2D eigenvalue weighted by molar-refractivity contribution is 6.32. The van der Waals surface area contributed by atoms with Gasteiger partial charge in [0.2, 0.25) is 0 Å². The van der Waals surface area contributed by atoms with Gasteiger partial charge in [-0.2, -0.15) is 5.10 Å². The zero-order valence-corrected chi connectivity index (χ0v) is 11.2. The molecule has 2 aromatic heterocycles. The fourth-order valence-electron chi connectivity index (χ4n) is 1.65. The molecule has 2 aromatic rings. The molecule has 5 nitrogen and oxygen atoms in total. The first-order valence-corrected chi connectivity index (χ1v) is 5.86. The van der Waals surface area contributed by atoms with Crippen molar-refractivity contribution < 1.29 is 4.79 Å². The van der Waals surface area contributed by atoms with E-state index < -0.39 is 0 Å². The quantitative estimate of drug-likeness (QED) is 0.795. The summed E-state index contributed by atoms with van der Waals surface area (Å²) in [6.45, 7) is 3.63. The predicted octanol–water partition coefficient (Wildman–Crippen LogP) is 1.91. The predicted molar refractivity (Wildman–Crippen MR) is 67.8 cm³/mol. The van der Waals surface area contributed by atoms with E-state index in [0.717, 1.165) is 11.4 Å². The fourth-order valence-corrected chi connectivity index (χ4v) is 1.88. The monoisotopic (exact) mass is 264 g/mol. The van der Waals surface area contributed by atoms with E-state index in [-0.39, 0.29) is 12.2 Å². The molecule has 0 aliphatic heterocycles. The third-order valence-corrected chi connectivity index (χ3v) is 3.15. The summed E-state index contributed by atoms with van der Waals surface area (Å²) in [4.78, 5) is 20.1. The van der Waals surface area contributed by atoms with E-state index in [1.807, 2.05) is 13.8 Å². The molecular formula is C12H13ClN4O. The van der Waals surface area contributed by atoms with Crippen molar-refractivity contribution in [3.8, 4) is 0 Å². The van der Waals surface area contributed by atoms with E-state index in [1.54, 1.807) is 17.9 Å². The summed E-state index contributed by atoms with van der Waals surface area (Å²) in [5, 5.41) is 4.70. The van der Waals surface area contributed by atoms with Gasteiger partial charge < -0.3 is 0 Å². The molecule has 0 amide bonds. The van der Waals surface area contributed by atoms with Gasteiger partial charge in [0, 0.05) is 13.2 Å². The van der Waals surface area contributed by atoms with Gasteiger partial charge in [0.15, 0.2) is 5.78 Å². The smallest absolute Gasteiger partial charge is 0.188 e. The molecule has 0 N–H and O–H groups in total. The average Bonchev–Trinajstić information content (AvgIpc) is 2.57. The van der Waals surface area contributed by atoms with Gasteiger partial charge in [-0.15, -0.1) is 0 Å². The van der Waals surface area contributed by atoms with Crippen LogP contribution in [0.1, 0.15) is 27.6 Å². The topological polar surface area (TPSA) is 60.7 Å². The molecular weight excluding hydrogens is 252 g/mol. The second-order valence-corrected chi connectivity index (χ2v) is 4.49. The van der Waals surface area contributed by atoms with Crippen LogP contribution >= 0.6 is 11.6 Å². The third-order valence-electron chi connectivity index (χ3n) is 2.66. The Kier molecular flexibility index (Phi) is 3.43. The molecule has 6 heteroatoms. The first kappa shape index (κ1) is 12.7. The number of aryl methyl sites for hydroxylation is 3. The number of Topliss-reactive ketones (excluding diaryl/α,β-unsaturated/α-hetero) is 1. The van der Waals surface area contributed by atoms with Crippen LogP contribution in [0.4, 0.5) is 0 Å². The molecule has 0 aliphatic carbocycles. The second-order valence-electron chi connectivity index (χ2n) is 4.11. The molecule has 2 rings (SSSR count). The summed E-state index contributed by atoms with van der Waals surface area (Å²) in [6, 6.07) is 0. The Morgan fingerprint density at radius 2 is 2.06 bits per heavy atom. The van der Waals surface area contributed by atoms with Crippen LogP contribution < -0.4 is 0 Å². The lowest BCUT2D eigenvalue weighted by atomic mass is 10.1. The fraction of sp³-hybridized carbons (Fsp3) is 0.333. The van der Waals surface area contributed by atoms with Crippen LogP contribution in [0.25, 0.3) is 0 Å². The Bertz CT molecular complexity index is 589. The Hall–Kier alpha value is -1.75. The SMILES string of the molecule is Cc1cnc(C(=O)Cc2c(Cl)c(C)nn2C)cn1. The highest BCUT2D eigenvalue weighted by Gasteiger charge is 2.16. The normalized spacial score (nSPS) is 10.7. The van der Waals surface area contributed by atoms with Crippen molar-refractivity contribution in [3.05, 3.63) is 40.2 Å². The Morgan fingerprint density at radius 3 is 2.56 bits per heavy atom. The van der Waals surface area contributed by atoms with E-state index in [4.69, 9.17) is 11.6 Å². The molecule has 0 saturated heterocycles. The second kappa shape index (κ2) is 4.86. The summed E-state index contributed by atoms with van der Waals surface area (Å²) >= 11 is 6.10. The molecule has 0 radical (unpaired) electrons. The van der Waals surface area contributed by atoms with Crippen molar-refractivity contribution >= 4 is 17.4 Å². The molecule has 0 bridgehead atoms. The highest BCUT2D eigenvalue weighted by atomic mass is 35.5. The van der Waals surface area contributed by atoms with Gasteiger partial charge in [0.25, 0.3) is 0 Å². The third kappa shape index (κ3) is 2.41. The largest absolute Gasteiger partial charge is 0.292 e. The number of hydrogen-bond donors (Lipinski definition) is 0. The summed E-state index contributed by atoms with van der Waals surface area (Å²) in [5.41, 5.74) is 2.54. The number of hydrogen-bond acceptors (Lipinski definition) is 4. The first-order chi connectivity index (χ1) is 8.49. The van der Waals surface area contributed by atoms with Crippen molar-refractivity contribution in [2.45, 2.75) is 20.3 Å². The lowest BCUT2D eigenvalue weighted by Gasteiger charge is -2.02. The van der Waals surface area contributed by atoms with Gasteiger partial charge in [-0.25, -0.2) is 4.98 Å². The zero-order chi connectivity index (χ0) is 13.3. The van der Waals surface area contributed by atoms with Gasteiger partial charge in [-0.3, -0.25) is 14.5 Å². The average molecular weight is 265 g/mol. The molecule has 0 atom stereocenters. The molecule has 0 aromatic carbocycles. The Balaban J connectivity index is 2.24. The molecule has 18 heavy (non-hydrogen) atoms. The lowest BCUT2D eigenvalue weighted by Crippen LogP contribution is -2.10. The van der Waals surface area contributed by atoms with Crippen LogP contribution in [0.5, 0.6) is 0 Å². The molecule has 0 saturated carbocycles. The van der Waals surface area contributed by atoms with Gasteiger partial charge in [0.05, 0.1) is 34.7 Å². The zero-order valence-electron chi connectivity index (χ0n) is 10.4. The molecule has 0 fully saturated rings. The summed E-state index contributed by atoms with van der Waals surface area (Å²) in [5.74, 6) is -0.118. The van der Waals surface area contributed by atoms with Crippen molar-refractivity contribution in [2.24, 2.45) is 7.05 Å². The van der Waals surface area contributed by atoms with Crippen LogP contribution in [0.2, 0.25) is 5.02 Å². The van der Waals surface area contributed by atoms with E-state index in [0.29, 0.717) is 16.4 Å². The number of nitrogens with zero attached hydrogens (tertiary/aromatic N) is 4. The van der Waals surface area contributed by atoms with Gasteiger partial charge in [0.1, 0.15) is 5.69 Å². The number of ketones is 1. The minimum Gasteiger partial charge on any atom is -0.292 e. The number of carbonyl (C=O) groups excluding carboxylic acids is 1. The summed E-state index contributed by atoms with van der Waals surface area (Å²) in [7, 11) is 1.77. The number of aromatic nitrogens is 4. The molecule has 2 heterocycles. The van der Waals surface area contributed by atoms with Crippen LogP contribution in [-0.4, -0.2) is 25.5 Å². The van der Waals surface area contributed by atoms with Crippen molar-refractivity contribution in [1.82, 2.24) is 19.7 Å². The van der Waals surface area contributed by atoms with E-state index in [1.165, 1.54) is 6.20 Å². The number of carbonyl (C=O) groups is 1. The standard InChI is InChI=1S/C12H13ClN4O/c1-7-5-15-9(6-14-7)11(18)4-10-12(13)8(2)16-17(10)3/h5-6H,4H2,1-3H3. The van der Waals surface area contributed by atoms with E-state index in [9.17, 15) is 4.79 Å². The maximum Gasteiger partial charge on any atom is 0.188 e. The Morgan fingerprint density at radius 1 is 1.33 bits per heavy atom. The maximum absolute atomic E-state index is 12.0. The van der Waals surface area contributed by atoms with Crippen LogP contribution in [0, 0.1) is 13.8 Å². The van der Waals surface area contributed by atoms with Gasteiger partial charge >= 0.3 is 0 Å². The molecule has 0 aliphatic rings. The molecule has 94 valence electrons. The lowest BCUT2D eigenvalue weighted by molar-refractivity contribution is 0.0985. The van der Waals surface area contributed by atoms with Crippen LogP contribution in [-0.2, 0) is 13.5 Å². The maximum atomic E-state index is 12.0. The molecule has 0 unspecified atom stereocenters. The Labute approximate surface area is 110 Å². The first-order valence-electron chi connectivity index (χ1n) is 5.49. The van der Waals surface area contributed by atoms with Crippen molar-refractivity contribution in [2.75, 3.05) is 0 Å². The van der Waals surface area contributed by atoms with Crippen molar-refractivity contribution in [3.63, 3.8) is 0 Å². The number of rotatable bonds is 3. The molecule has 0 spiro atoms. The highest BCUT2D eigenvalue weighted by Crippen LogP contribution is 2.20. The summed E-state index contributed by atoms with van der Waals surface area (Å²) in [6.07, 6.45) is 3.23. The van der Waals surface area contributed by atoms with Crippen LogP contribution in [0.3, 0.4) is 0 Å². The van der Waals surface area contributed by atoms with Crippen LogP contribution in [0.15, 0.2) is 12.4 Å². The van der Waals surface area contributed by atoms with E-state index >= 15 is 0 Å². The van der Waals surface area contributed by atoms with Gasteiger partial charge in [-0.1, -0.05) is 11.6 Å². The minimum absolute atomic E-state index is 0.118. The minimum atomic E-state index is -0.118. The van der Waals surface area contributed by atoms with E-state index in [2.05, 4.69) is 15.1 Å². The number of halogens is 1. The van der Waals surface area contributed by atoms with Crippen molar-refractivity contribution in [1.29, 1.82) is 0 Å². The summed E-state index contributed by atoms with van der Waals surface area (Å²) < 4.78 is 1.62. The van der Waals surface area contributed by atoms with Gasteiger partial charge in [-0.05, 0) is 13.8 Å².